The van der Waals surface area contributed by atoms with Gasteiger partial charge in [-0.3, -0.25) is 4.79 Å². The van der Waals surface area contributed by atoms with E-state index in [9.17, 15) is 14.4 Å². The number of ether oxygens (including phenoxy) is 1. The number of carbonyl (C=O) groups excluding carboxylic acids is 2. The van der Waals surface area contributed by atoms with E-state index in [1.54, 1.807) is 24.3 Å². The summed E-state index contributed by atoms with van der Waals surface area (Å²) >= 11 is 0. The van der Waals surface area contributed by atoms with E-state index in [0.29, 0.717) is 28.2 Å². The molecule has 1 aliphatic rings. The number of nitrogens with zero attached hydrogens (tertiary/aromatic N) is 5. The van der Waals surface area contributed by atoms with Gasteiger partial charge in [0.15, 0.2) is 5.82 Å². The van der Waals surface area contributed by atoms with Gasteiger partial charge in [-0.2, -0.15) is 0 Å². The highest BCUT2D eigenvalue weighted by molar-refractivity contribution is 6.01. The maximum absolute atomic E-state index is 13.3. The first-order chi connectivity index (χ1) is 16.6. The molecule has 10 nitrogen and oxygen atoms in total. The van der Waals surface area contributed by atoms with Crippen LogP contribution in [0.5, 0.6) is 0 Å². The number of para-hydroxylation sites is 3. The molecular formula is C24H24N6O4. The number of fused-ring (bicyclic) bond motifs is 3. The lowest BCUT2D eigenvalue weighted by Gasteiger charge is -2.27. The van der Waals surface area contributed by atoms with E-state index in [1.165, 1.54) is 11.5 Å². The molecule has 0 radical (unpaired) electrons. The SMILES string of the molecule is COC(=O)c1ccccc1NC(=O)Cn1nc2c(N3CCCCC3)nc3ccccc3n2c1=O. The number of methoxy groups -OCH3 is 1. The van der Waals surface area contributed by atoms with Crippen LogP contribution in [0.25, 0.3) is 16.7 Å². The van der Waals surface area contributed by atoms with Gasteiger partial charge in [0.05, 0.1) is 29.4 Å². The fraction of sp³-hybridized carbons (Fsp3) is 0.292. The Labute approximate surface area is 194 Å². The summed E-state index contributed by atoms with van der Waals surface area (Å²) in [4.78, 5) is 45.1. The van der Waals surface area contributed by atoms with E-state index in [1.807, 2.05) is 24.3 Å². The maximum Gasteiger partial charge on any atom is 0.351 e. The lowest BCUT2D eigenvalue weighted by Crippen LogP contribution is -2.31. The smallest absolute Gasteiger partial charge is 0.351 e. The van der Waals surface area contributed by atoms with Gasteiger partial charge in [0.1, 0.15) is 6.54 Å². The Balaban J connectivity index is 1.53. The van der Waals surface area contributed by atoms with Gasteiger partial charge in [-0.05, 0) is 43.5 Å². The van der Waals surface area contributed by atoms with Gasteiger partial charge in [0.2, 0.25) is 11.6 Å². The first-order valence-electron chi connectivity index (χ1n) is 11.2. The van der Waals surface area contributed by atoms with E-state index in [2.05, 4.69) is 15.3 Å². The largest absolute Gasteiger partial charge is 0.465 e. The molecule has 174 valence electrons. The number of piperidine rings is 1. The van der Waals surface area contributed by atoms with Crippen molar-refractivity contribution >= 4 is 40.1 Å². The minimum absolute atomic E-state index is 0.225. The quantitative estimate of drug-likeness (QED) is 0.456. The zero-order chi connectivity index (χ0) is 23.7. The molecule has 1 aliphatic heterocycles. The van der Waals surface area contributed by atoms with E-state index in [0.717, 1.165) is 37.0 Å². The summed E-state index contributed by atoms with van der Waals surface area (Å²) < 4.78 is 7.42. The summed E-state index contributed by atoms with van der Waals surface area (Å²) in [5.74, 6) is -0.408. The Hall–Kier alpha value is -4.21. The van der Waals surface area contributed by atoms with Gasteiger partial charge in [-0.1, -0.05) is 24.3 Å². The standard InChI is InChI=1S/C24H24N6O4/c1-34-23(32)16-9-3-4-10-17(16)25-20(31)15-29-24(33)30-19-12-6-5-11-18(19)26-21(22(30)27-29)28-13-7-2-8-14-28/h3-6,9-12H,2,7-8,13-15H2,1H3,(H,25,31). The number of nitrogens with one attached hydrogen (secondary N) is 1. The van der Waals surface area contributed by atoms with Crippen LogP contribution in [0, 0.1) is 0 Å². The molecule has 1 saturated heterocycles. The molecule has 1 fully saturated rings. The van der Waals surface area contributed by atoms with Crippen LogP contribution in [0.1, 0.15) is 29.6 Å². The monoisotopic (exact) mass is 460 g/mol. The number of esters is 1. The van der Waals surface area contributed by atoms with Gasteiger partial charge < -0.3 is 15.0 Å². The van der Waals surface area contributed by atoms with Gasteiger partial charge >= 0.3 is 11.7 Å². The van der Waals surface area contributed by atoms with E-state index in [4.69, 9.17) is 9.72 Å². The first-order valence-corrected chi connectivity index (χ1v) is 11.2. The molecule has 0 spiro atoms. The van der Waals surface area contributed by atoms with Gasteiger partial charge in [0.25, 0.3) is 0 Å². The molecule has 0 atom stereocenters. The second-order valence-corrected chi connectivity index (χ2v) is 8.16. The first kappa shape index (κ1) is 21.6. The number of amides is 1. The highest BCUT2D eigenvalue weighted by atomic mass is 16.5. The van der Waals surface area contributed by atoms with Crippen molar-refractivity contribution in [3.63, 3.8) is 0 Å². The molecule has 0 bridgehead atoms. The molecule has 10 heteroatoms. The lowest BCUT2D eigenvalue weighted by atomic mass is 10.1. The third-order valence-electron chi connectivity index (χ3n) is 5.94. The topological polar surface area (TPSA) is 111 Å². The highest BCUT2D eigenvalue weighted by Gasteiger charge is 2.22. The molecular weight excluding hydrogens is 436 g/mol. The van der Waals surface area contributed by atoms with Gasteiger partial charge in [-0.15, -0.1) is 5.10 Å². The fourth-order valence-electron chi connectivity index (χ4n) is 4.31. The van der Waals surface area contributed by atoms with Crippen LogP contribution in [0.2, 0.25) is 0 Å². The predicted molar refractivity (Wildman–Crippen MR) is 127 cm³/mol. The Morgan fingerprint density at radius 1 is 1.03 bits per heavy atom. The Morgan fingerprint density at radius 2 is 1.76 bits per heavy atom. The number of benzene rings is 2. The summed E-state index contributed by atoms with van der Waals surface area (Å²) in [6.45, 7) is 1.36. The highest BCUT2D eigenvalue weighted by Crippen LogP contribution is 2.25. The molecule has 2 aromatic carbocycles. The molecule has 0 unspecified atom stereocenters. The van der Waals surface area contributed by atoms with Crippen LogP contribution in [-0.4, -0.2) is 51.2 Å². The average molecular weight is 460 g/mol. The molecule has 4 aromatic rings. The van der Waals surface area contributed by atoms with E-state index >= 15 is 0 Å². The molecule has 1 N–H and O–H groups in total. The summed E-state index contributed by atoms with van der Waals surface area (Å²) in [5, 5.41) is 7.19. The van der Waals surface area contributed by atoms with Crippen molar-refractivity contribution in [3.05, 3.63) is 64.6 Å². The number of anilines is 2. The summed E-state index contributed by atoms with van der Waals surface area (Å²) in [5.41, 5.74) is 1.84. The molecule has 1 amide bonds. The lowest BCUT2D eigenvalue weighted by molar-refractivity contribution is -0.117. The predicted octanol–water partition coefficient (Wildman–Crippen LogP) is 2.46. The van der Waals surface area contributed by atoms with Crippen LogP contribution in [-0.2, 0) is 16.1 Å². The molecule has 3 heterocycles. The Morgan fingerprint density at radius 3 is 2.56 bits per heavy atom. The molecule has 0 saturated carbocycles. The fourth-order valence-corrected chi connectivity index (χ4v) is 4.31. The number of hydrogen-bond donors (Lipinski definition) is 1. The summed E-state index contributed by atoms with van der Waals surface area (Å²) in [6, 6.07) is 13.9. The van der Waals surface area contributed by atoms with Gasteiger partial charge in [-0.25, -0.2) is 23.7 Å². The minimum Gasteiger partial charge on any atom is -0.465 e. The third kappa shape index (κ3) is 3.87. The molecule has 34 heavy (non-hydrogen) atoms. The second kappa shape index (κ2) is 8.97. The van der Waals surface area contributed by atoms with Crippen molar-refractivity contribution in [2.24, 2.45) is 0 Å². The Kier molecular flexibility index (Phi) is 5.70. The second-order valence-electron chi connectivity index (χ2n) is 8.16. The summed E-state index contributed by atoms with van der Waals surface area (Å²) in [6.07, 6.45) is 3.26. The minimum atomic E-state index is -0.565. The number of rotatable bonds is 5. The van der Waals surface area contributed by atoms with Crippen molar-refractivity contribution < 1.29 is 14.3 Å². The molecule has 0 aliphatic carbocycles. The normalized spacial score (nSPS) is 13.9. The van der Waals surface area contributed by atoms with E-state index < -0.39 is 17.6 Å². The number of aromatic nitrogens is 4. The Bertz CT molecular complexity index is 1450. The van der Waals surface area contributed by atoms with E-state index in [-0.39, 0.29) is 12.1 Å². The number of hydrogen-bond acceptors (Lipinski definition) is 7. The van der Waals surface area contributed by atoms with Crippen LogP contribution in [0.3, 0.4) is 0 Å². The average Bonchev–Trinajstić information content (AvgIpc) is 3.19. The van der Waals surface area contributed by atoms with Crippen molar-refractivity contribution in [2.75, 3.05) is 30.4 Å². The molecule has 5 rings (SSSR count). The van der Waals surface area contributed by atoms with Crippen molar-refractivity contribution in [1.82, 2.24) is 19.2 Å². The zero-order valence-electron chi connectivity index (χ0n) is 18.7. The summed E-state index contributed by atoms with van der Waals surface area (Å²) in [7, 11) is 1.27. The molecule has 2 aromatic heterocycles. The van der Waals surface area contributed by atoms with Gasteiger partial charge in [0, 0.05) is 13.1 Å². The van der Waals surface area contributed by atoms with Crippen LogP contribution in [0.15, 0.2) is 53.3 Å². The third-order valence-corrected chi connectivity index (χ3v) is 5.94. The number of carbonyl (C=O) groups is 2. The van der Waals surface area contributed by atoms with Crippen LogP contribution in [0.4, 0.5) is 11.5 Å². The van der Waals surface area contributed by atoms with Crippen molar-refractivity contribution in [1.29, 1.82) is 0 Å². The van der Waals surface area contributed by atoms with Crippen LogP contribution >= 0.6 is 0 Å². The zero-order valence-corrected chi connectivity index (χ0v) is 18.7. The van der Waals surface area contributed by atoms with Crippen molar-refractivity contribution in [2.45, 2.75) is 25.8 Å². The van der Waals surface area contributed by atoms with Crippen molar-refractivity contribution in [3.8, 4) is 0 Å². The van der Waals surface area contributed by atoms with Crippen LogP contribution < -0.4 is 15.9 Å². The maximum atomic E-state index is 13.3.